The second-order valence-electron chi connectivity index (χ2n) is 8.39. The summed E-state index contributed by atoms with van der Waals surface area (Å²) in [5, 5.41) is 13.8. The number of fused-ring (bicyclic) bond motifs is 1. The minimum Gasteiger partial charge on any atom is -0.420 e. The highest BCUT2D eigenvalue weighted by atomic mass is 32.2. The van der Waals surface area contributed by atoms with Crippen molar-refractivity contribution in [3.05, 3.63) is 102 Å². The molecule has 0 N–H and O–H groups in total. The number of hydrogen-bond acceptors (Lipinski definition) is 7. The minimum atomic E-state index is 0.404. The highest BCUT2D eigenvalue weighted by molar-refractivity contribution is 7.98. The molecule has 7 nitrogen and oxygen atoms in total. The van der Waals surface area contributed by atoms with Crippen LogP contribution in [0.1, 0.15) is 17.2 Å². The van der Waals surface area contributed by atoms with Crippen molar-refractivity contribution in [2.24, 2.45) is 0 Å². The second kappa shape index (κ2) is 9.83. The van der Waals surface area contributed by atoms with E-state index in [1.807, 2.05) is 61.5 Å². The zero-order valence-corrected chi connectivity index (χ0v) is 20.5. The van der Waals surface area contributed by atoms with Crippen LogP contribution in [-0.4, -0.2) is 24.9 Å². The van der Waals surface area contributed by atoms with Gasteiger partial charge in [0.15, 0.2) is 5.16 Å². The van der Waals surface area contributed by atoms with Crippen molar-refractivity contribution >= 4 is 22.8 Å². The highest BCUT2D eigenvalue weighted by Gasteiger charge is 2.22. The Bertz CT molecular complexity index is 1610. The third-order valence-corrected chi connectivity index (χ3v) is 6.96. The standard InChI is InChI=1S/C28H23N5O2S/c1-19-25(26(32-35-19)21-12-6-3-7-13-21)27-31-30-24(34-27)18-36-28-29-22-14-8-9-15-23(22)33(28)17-16-20-10-4-2-5-11-20/h2-15H,16-18H2,1H3. The monoisotopic (exact) mass is 493 g/mol. The molecule has 0 amide bonds. The molecule has 6 rings (SSSR count). The fourth-order valence-electron chi connectivity index (χ4n) is 4.22. The van der Waals surface area contributed by atoms with E-state index in [2.05, 4.69) is 50.3 Å². The molecule has 3 heterocycles. The number of aryl methyl sites for hydroxylation is 3. The van der Waals surface area contributed by atoms with Crippen LogP contribution >= 0.6 is 11.8 Å². The molecule has 0 fully saturated rings. The van der Waals surface area contributed by atoms with E-state index in [0.29, 0.717) is 29.0 Å². The minimum absolute atomic E-state index is 0.404. The number of benzene rings is 3. The van der Waals surface area contributed by atoms with Gasteiger partial charge in [-0.1, -0.05) is 89.7 Å². The maximum Gasteiger partial charge on any atom is 0.253 e. The summed E-state index contributed by atoms with van der Waals surface area (Å²) in [6.45, 7) is 2.69. The van der Waals surface area contributed by atoms with Crippen LogP contribution in [0.3, 0.4) is 0 Å². The average molecular weight is 494 g/mol. The van der Waals surface area contributed by atoms with Gasteiger partial charge in [0.25, 0.3) is 5.89 Å². The molecule has 0 aliphatic carbocycles. The van der Waals surface area contributed by atoms with Crippen LogP contribution in [0.5, 0.6) is 0 Å². The van der Waals surface area contributed by atoms with Crippen LogP contribution in [0.25, 0.3) is 33.7 Å². The third kappa shape index (κ3) is 4.43. The van der Waals surface area contributed by atoms with Crippen molar-refractivity contribution in [1.29, 1.82) is 0 Å². The highest BCUT2D eigenvalue weighted by Crippen LogP contribution is 2.34. The van der Waals surface area contributed by atoms with Gasteiger partial charge in [0.1, 0.15) is 17.0 Å². The predicted octanol–water partition coefficient (Wildman–Crippen LogP) is 6.58. The zero-order valence-electron chi connectivity index (χ0n) is 19.7. The van der Waals surface area contributed by atoms with Crippen molar-refractivity contribution in [2.45, 2.75) is 30.8 Å². The molecule has 0 aliphatic heterocycles. The van der Waals surface area contributed by atoms with E-state index in [1.165, 1.54) is 5.56 Å². The molecule has 0 bridgehead atoms. The molecule has 0 atom stereocenters. The molecule has 0 unspecified atom stereocenters. The lowest BCUT2D eigenvalue weighted by Gasteiger charge is -2.08. The summed E-state index contributed by atoms with van der Waals surface area (Å²) in [4.78, 5) is 4.88. The molecule has 3 aromatic heterocycles. The molecule has 0 saturated heterocycles. The molecule has 0 radical (unpaired) electrons. The maximum atomic E-state index is 6.06. The van der Waals surface area contributed by atoms with Crippen LogP contribution in [0.2, 0.25) is 0 Å². The Balaban J connectivity index is 1.24. The molecular formula is C28H23N5O2S. The maximum absolute atomic E-state index is 6.06. The lowest BCUT2D eigenvalue weighted by atomic mass is 10.1. The summed E-state index contributed by atoms with van der Waals surface area (Å²) in [5.74, 6) is 2.07. The van der Waals surface area contributed by atoms with Gasteiger partial charge in [-0.3, -0.25) is 0 Å². The molecule has 6 aromatic rings. The fraction of sp³-hybridized carbons (Fsp3) is 0.143. The van der Waals surface area contributed by atoms with Gasteiger partial charge in [-0.2, -0.15) is 0 Å². The number of para-hydroxylation sites is 2. The van der Waals surface area contributed by atoms with Gasteiger partial charge >= 0.3 is 0 Å². The van der Waals surface area contributed by atoms with Gasteiger partial charge < -0.3 is 13.5 Å². The molecule has 0 spiro atoms. The van der Waals surface area contributed by atoms with Crippen molar-refractivity contribution in [3.8, 4) is 22.7 Å². The lowest BCUT2D eigenvalue weighted by Crippen LogP contribution is -2.03. The molecule has 36 heavy (non-hydrogen) atoms. The summed E-state index contributed by atoms with van der Waals surface area (Å²) in [6.07, 6.45) is 0.925. The van der Waals surface area contributed by atoms with Crippen LogP contribution < -0.4 is 0 Å². The van der Waals surface area contributed by atoms with Crippen LogP contribution in [0.15, 0.2) is 99.0 Å². The van der Waals surface area contributed by atoms with Gasteiger partial charge in [-0.05, 0) is 31.0 Å². The lowest BCUT2D eigenvalue weighted by molar-refractivity contribution is 0.399. The average Bonchev–Trinajstić information content (AvgIpc) is 3.64. The summed E-state index contributed by atoms with van der Waals surface area (Å²) >= 11 is 1.59. The Labute approximate surface area is 212 Å². The number of imidazole rings is 1. The van der Waals surface area contributed by atoms with Gasteiger partial charge in [0.05, 0.1) is 16.8 Å². The largest absolute Gasteiger partial charge is 0.420 e. The van der Waals surface area contributed by atoms with Gasteiger partial charge in [-0.25, -0.2) is 4.98 Å². The Kier molecular flexibility index (Phi) is 6.09. The van der Waals surface area contributed by atoms with Crippen molar-refractivity contribution in [3.63, 3.8) is 0 Å². The molecular weight excluding hydrogens is 470 g/mol. The summed E-state index contributed by atoms with van der Waals surface area (Å²) < 4.78 is 13.8. The Morgan fingerprint density at radius 1 is 0.861 bits per heavy atom. The van der Waals surface area contributed by atoms with Crippen LogP contribution in [0, 0.1) is 6.92 Å². The van der Waals surface area contributed by atoms with Gasteiger partial charge in [-0.15, -0.1) is 10.2 Å². The summed E-state index contributed by atoms with van der Waals surface area (Å²) in [7, 11) is 0. The van der Waals surface area contributed by atoms with E-state index in [1.54, 1.807) is 11.8 Å². The molecule has 3 aromatic carbocycles. The topological polar surface area (TPSA) is 82.8 Å². The first-order chi connectivity index (χ1) is 17.8. The van der Waals surface area contributed by atoms with Crippen molar-refractivity contribution < 1.29 is 8.94 Å². The van der Waals surface area contributed by atoms with Crippen molar-refractivity contribution in [1.82, 2.24) is 24.9 Å². The van der Waals surface area contributed by atoms with E-state index in [-0.39, 0.29) is 0 Å². The molecule has 178 valence electrons. The van der Waals surface area contributed by atoms with Gasteiger partial charge in [0, 0.05) is 12.1 Å². The SMILES string of the molecule is Cc1onc(-c2ccccc2)c1-c1nnc(CSc2nc3ccccc3n2CCc2ccccc2)o1. The van der Waals surface area contributed by atoms with Gasteiger partial charge in [0.2, 0.25) is 5.89 Å². The predicted molar refractivity (Wildman–Crippen MR) is 139 cm³/mol. The van der Waals surface area contributed by atoms with E-state index in [4.69, 9.17) is 13.9 Å². The van der Waals surface area contributed by atoms with E-state index in [9.17, 15) is 0 Å². The second-order valence-corrected chi connectivity index (χ2v) is 9.33. The molecule has 0 saturated carbocycles. The molecule has 8 heteroatoms. The number of nitrogens with zero attached hydrogens (tertiary/aromatic N) is 5. The Morgan fingerprint density at radius 3 is 2.44 bits per heavy atom. The Hall–Kier alpha value is -4.17. The summed E-state index contributed by atoms with van der Waals surface area (Å²) in [6, 6.07) is 28.6. The zero-order chi connectivity index (χ0) is 24.3. The quantitative estimate of drug-likeness (QED) is 0.221. The van der Waals surface area contributed by atoms with E-state index in [0.717, 1.165) is 40.3 Å². The number of rotatable bonds is 8. The number of hydrogen-bond donors (Lipinski definition) is 0. The number of thioether (sulfide) groups is 1. The first-order valence-electron chi connectivity index (χ1n) is 11.7. The third-order valence-electron chi connectivity index (χ3n) is 6.00. The summed E-state index contributed by atoms with van der Waals surface area (Å²) in [5.41, 5.74) is 5.75. The normalized spacial score (nSPS) is 11.4. The van der Waals surface area contributed by atoms with E-state index >= 15 is 0 Å². The Morgan fingerprint density at radius 2 is 1.61 bits per heavy atom. The van der Waals surface area contributed by atoms with Crippen LogP contribution in [-0.2, 0) is 18.7 Å². The van der Waals surface area contributed by atoms with Crippen LogP contribution in [0.4, 0.5) is 0 Å². The van der Waals surface area contributed by atoms with E-state index < -0.39 is 0 Å². The first kappa shape index (κ1) is 22.3. The molecule has 0 aliphatic rings. The number of aromatic nitrogens is 5. The fourth-order valence-corrected chi connectivity index (χ4v) is 5.10. The van der Waals surface area contributed by atoms with Crippen molar-refractivity contribution in [2.75, 3.05) is 0 Å². The smallest absolute Gasteiger partial charge is 0.253 e. The first-order valence-corrected chi connectivity index (χ1v) is 12.7.